The quantitative estimate of drug-likeness (QED) is 0.180. The van der Waals surface area contributed by atoms with E-state index in [1.165, 1.54) is 0 Å². The van der Waals surface area contributed by atoms with Gasteiger partial charge in [-0.05, 0) is 82.9 Å². The summed E-state index contributed by atoms with van der Waals surface area (Å²) >= 11 is 0. The Morgan fingerprint density at radius 1 is 0.326 bits per heavy atom. The van der Waals surface area contributed by atoms with Gasteiger partial charge in [0, 0.05) is 22.5 Å². The highest BCUT2D eigenvalue weighted by Gasteiger charge is 2.30. The van der Waals surface area contributed by atoms with Crippen molar-refractivity contribution in [1.82, 2.24) is 0 Å². The largest absolute Gasteiger partial charge is 0.306 e. The van der Waals surface area contributed by atoms with Gasteiger partial charge in [0.05, 0.1) is 22.7 Å². The lowest BCUT2D eigenvalue weighted by Crippen LogP contribution is -2.24. The molecule has 0 atom stereocenters. The number of anilines is 6. The molecule has 0 aromatic heterocycles. The molecule has 7 aromatic carbocycles. The lowest BCUT2D eigenvalue weighted by atomic mass is 9.95. The molecule has 0 N–H and O–H groups in total. The van der Waals surface area contributed by atoms with Crippen molar-refractivity contribution in [1.29, 1.82) is 0 Å². The van der Waals surface area contributed by atoms with E-state index in [9.17, 15) is 4.79 Å². The molecule has 0 aliphatic carbocycles. The number of benzene rings is 7. The third-order valence-electron chi connectivity index (χ3n) is 8.54. The number of ketones is 1. The third-order valence-corrected chi connectivity index (χ3v) is 8.54. The van der Waals surface area contributed by atoms with Crippen molar-refractivity contribution in [3.8, 4) is 22.3 Å². The Morgan fingerprint density at radius 3 is 1.37 bits per heavy atom. The Bertz CT molecular complexity index is 2180. The highest BCUT2D eigenvalue weighted by Crippen LogP contribution is 2.54. The van der Waals surface area contributed by atoms with Gasteiger partial charge in [0.1, 0.15) is 0 Å². The normalized spacial score (nSPS) is 11.9. The fourth-order valence-electron chi connectivity index (χ4n) is 6.36. The summed E-state index contributed by atoms with van der Waals surface area (Å²) in [6, 6.07) is 62.4. The first-order chi connectivity index (χ1) is 22.7. The van der Waals surface area contributed by atoms with E-state index in [0.717, 1.165) is 56.4 Å². The van der Waals surface area contributed by atoms with Gasteiger partial charge >= 0.3 is 0 Å². The Morgan fingerprint density at radius 2 is 0.761 bits per heavy atom. The first-order valence-corrected chi connectivity index (χ1v) is 15.5. The van der Waals surface area contributed by atoms with Crippen molar-refractivity contribution >= 4 is 39.9 Å². The minimum absolute atomic E-state index is 0.0255. The van der Waals surface area contributed by atoms with Crippen LogP contribution in [0.1, 0.15) is 15.9 Å². The molecule has 1 aliphatic rings. The fraction of sp³-hybridized carbons (Fsp3) is 0. The van der Waals surface area contributed by atoms with Gasteiger partial charge in [-0.15, -0.1) is 0 Å². The van der Waals surface area contributed by atoms with Gasteiger partial charge in [0.15, 0.2) is 5.78 Å². The van der Waals surface area contributed by atoms with E-state index in [-0.39, 0.29) is 5.78 Å². The van der Waals surface area contributed by atoms with Gasteiger partial charge in [-0.2, -0.15) is 0 Å². The predicted octanol–water partition coefficient (Wildman–Crippen LogP) is 11.5. The van der Waals surface area contributed by atoms with Crippen molar-refractivity contribution in [2.75, 3.05) is 9.80 Å². The molecule has 0 saturated carbocycles. The van der Waals surface area contributed by atoms with Gasteiger partial charge in [-0.3, -0.25) is 4.79 Å². The van der Waals surface area contributed by atoms with Gasteiger partial charge < -0.3 is 9.80 Å². The van der Waals surface area contributed by atoms with E-state index in [1.807, 2.05) is 48.5 Å². The summed E-state index contributed by atoms with van der Waals surface area (Å²) in [5.41, 5.74) is 12.4. The van der Waals surface area contributed by atoms with Crippen LogP contribution in [0.4, 0.5) is 34.1 Å². The highest BCUT2D eigenvalue weighted by atomic mass is 16.1. The number of fused-ring (bicyclic) bond motifs is 2. The van der Waals surface area contributed by atoms with Crippen molar-refractivity contribution in [2.24, 2.45) is 0 Å². The summed E-state index contributed by atoms with van der Waals surface area (Å²) < 4.78 is 0. The van der Waals surface area contributed by atoms with Crippen LogP contribution in [0.5, 0.6) is 0 Å². The molecule has 218 valence electrons. The number of nitrogens with zero attached hydrogens (tertiary/aromatic N) is 2. The van der Waals surface area contributed by atoms with E-state index in [1.54, 1.807) is 0 Å². The van der Waals surface area contributed by atoms with Crippen LogP contribution in [-0.4, -0.2) is 5.78 Å². The fourth-order valence-corrected chi connectivity index (χ4v) is 6.36. The Balaban J connectivity index is 1.24. The molecule has 0 fully saturated rings. The monoisotopic (exact) mass is 590 g/mol. The zero-order chi connectivity index (χ0) is 30.9. The number of hydrogen-bond donors (Lipinski definition) is 0. The lowest BCUT2D eigenvalue weighted by molar-refractivity contribution is 0.103. The molecule has 0 bridgehead atoms. The van der Waals surface area contributed by atoms with Crippen LogP contribution in [0.2, 0.25) is 0 Å². The number of carbonyl (C=O) groups excluding carboxylic acids is 1. The predicted molar refractivity (Wildman–Crippen MR) is 190 cm³/mol. The summed E-state index contributed by atoms with van der Waals surface area (Å²) in [6.45, 7) is 0. The number of hydrogen-bond acceptors (Lipinski definition) is 3. The average molecular weight is 591 g/mol. The molecule has 0 spiro atoms. The first kappa shape index (κ1) is 27.4. The maximum Gasteiger partial charge on any atom is 0.193 e. The molecule has 3 nitrogen and oxygen atoms in total. The van der Waals surface area contributed by atoms with Gasteiger partial charge in [0.2, 0.25) is 0 Å². The van der Waals surface area contributed by atoms with Gasteiger partial charge in [-0.1, -0.05) is 121 Å². The van der Waals surface area contributed by atoms with Crippen LogP contribution in [0.3, 0.4) is 0 Å². The Hall–Kier alpha value is -6.19. The summed E-state index contributed by atoms with van der Waals surface area (Å²) in [7, 11) is 0. The molecule has 7 aromatic rings. The second kappa shape index (κ2) is 11.7. The molecule has 3 heteroatoms. The minimum Gasteiger partial charge on any atom is -0.306 e. The SMILES string of the molecule is O=C(c1ccccc1)c1cccc(-c2cccc(-c3ccc4c(c3)N(c3ccccc3)c3ccccc3N4c3ccccc3)c2)c1. The van der Waals surface area contributed by atoms with Crippen molar-refractivity contribution < 1.29 is 4.79 Å². The maximum atomic E-state index is 13.2. The van der Waals surface area contributed by atoms with Gasteiger partial charge in [-0.25, -0.2) is 0 Å². The van der Waals surface area contributed by atoms with Crippen LogP contribution in [-0.2, 0) is 0 Å². The van der Waals surface area contributed by atoms with Crippen LogP contribution >= 0.6 is 0 Å². The second-order valence-electron chi connectivity index (χ2n) is 11.4. The van der Waals surface area contributed by atoms with Crippen LogP contribution < -0.4 is 9.80 Å². The summed E-state index contributed by atoms with van der Waals surface area (Å²) in [6.07, 6.45) is 0. The summed E-state index contributed by atoms with van der Waals surface area (Å²) in [5.74, 6) is 0.0255. The molecule has 0 unspecified atom stereocenters. The molecular weight excluding hydrogens is 560 g/mol. The molecule has 1 heterocycles. The van der Waals surface area contributed by atoms with E-state index in [0.29, 0.717) is 11.1 Å². The zero-order valence-electron chi connectivity index (χ0n) is 25.1. The highest BCUT2D eigenvalue weighted by molar-refractivity contribution is 6.09. The molecule has 0 saturated heterocycles. The third kappa shape index (κ3) is 4.94. The van der Waals surface area contributed by atoms with Crippen LogP contribution in [0.15, 0.2) is 182 Å². The molecule has 1 aliphatic heterocycles. The molecular formula is C43H30N2O. The van der Waals surface area contributed by atoms with Crippen LogP contribution in [0, 0.1) is 0 Å². The van der Waals surface area contributed by atoms with E-state index < -0.39 is 0 Å². The molecule has 0 radical (unpaired) electrons. The average Bonchev–Trinajstić information content (AvgIpc) is 3.14. The van der Waals surface area contributed by atoms with Crippen molar-refractivity contribution in [2.45, 2.75) is 0 Å². The lowest BCUT2D eigenvalue weighted by Gasteiger charge is -2.40. The van der Waals surface area contributed by atoms with Crippen molar-refractivity contribution in [3.05, 3.63) is 193 Å². The topological polar surface area (TPSA) is 23.6 Å². The smallest absolute Gasteiger partial charge is 0.193 e. The van der Waals surface area contributed by atoms with E-state index in [4.69, 9.17) is 0 Å². The van der Waals surface area contributed by atoms with Crippen molar-refractivity contribution in [3.63, 3.8) is 0 Å². The summed E-state index contributed by atoms with van der Waals surface area (Å²) in [4.78, 5) is 17.9. The van der Waals surface area contributed by atoms with E-state index in [2.05, 4.69) is 143 Å². The maximum absolute atomic E-state index is 13.2. The molecule has 0 amide bonds. The molecule has 46 heavy (non-hydrogen) atoms. The number of carbonyl (C=O) groups is 1. The first-order valence-electron chi connectivity index (χ1n) is 15.5. The number of para-hydroxylation sites is 4. The van der Waals surface area contributed by atoms with E-state index >= 15 is 0 Å². The van der Waals surface area contributed by atoms with Gasteiger partial charge in [0.25, 0.3) is 0 Å². The standard InChI is InChI=1S/C43H30N2O/c46-43(31-14-4-1-5-15-31)36-19-13-18-34(29-36)32-16-12-17-33(28-32)35-26-27-41-42(30-35)45(38-22-8-3-9-23-38)40-25-11-10-24-39(40)44(41)37-20-6-2-7-21-37/h1-30H. The number of rotatable bonds is 6. The summed E-state index contributed by atoms with van der Waals surface area (Å²) in [5, 5.41) is 0. The second-order valence-corrected chi connectivity index (χ2v) is 11.4. The Labute approximate surface area is 269 Å². The zero-order valence-corrected chi connectivity index (χ0v) is 25.1. The Kier molecular flexibility index (Phi) is 6.97. The van der Waals surface area contributed by atoms with Crippen LogP contribution in [0.25, 0.3) is 22.3 Å². The minimum atomic E-state index is 0.0255. The molecule has 8 rings (SSSR count).